The van der Waals surface area contributed by atoms with Gasteiger partial charge in [0.1, 0.15) is 11.5 Å². The molecule has 3 aliphatic rings. The van der Waals surface area contributed by atoms with Crippen molar-refractivity contribution in [2.24, 2.45) is 23.7 Å². The molecule has 4 rings (SSSR count). The lowest BCUT2D eigenvalue weighted by atomic mass is 9.81. The molecule has 0 N–H and O–H groups in total. The second-order valence-electron chi connectivity index (χ2n) is 6.93. The van der Waals surface area contributed by atoms with Crippen LogP contribution in [0.2, 0.25) is 0 Å². The summed E-state index contributed by atoms with van der Waals surface area (Å²) in [5, 5.41) is 0. The van der Waals surface area contributed by atoms with Crippen LogP contribution in [0.15, 0.2) is 24.3 Å². The summed E-state index contributed by atoms with van der Waals surface area (Å²) >= 11 is 0. The topological polar surface area (TPSA) is 26.3 Å². The molecule has 4 unspecified atom stereocenters. The fourth-order valence-corrected chi connectivity index (χ4v) is 4.59. The van der Waals surface area contributed by atoms with E-state index in [1.165, 1.54) is 31.2 Å². The lowest BCUT2D eigenvalue weighted by Gasteiger charge is -2.27. The lowest BCUT2D eigenvalue weighted by Crippen LogP contribution is -2.30. The van der Waals surface area contributed by atoms with E-state index in [1.54, 1.807) is 0 Å². The van der Waals surface area contributed by atoms with E-state index in [9.17, 15) is 4.79 Å². The third-order valence-electron chi connectivity index (χ3n) is 5.68. The van der Waals surface area contributed by atoms with Gasteiger partial charge < -0.3 is 4.74 Å². The highest BCUT2D eigenvalue weighted by atomic mass is 16.5. The van der Waals surface area contributed by atoms with E-state index in [2.05, 4.69) is 6.07 Å². The van der Waals surface area contributed by atoms with E-state index < -0.39 is 0 Å². The number of para-hydroxylation sites is 1. The highest BCUT2D eigenvalue weighted by Gasteiger charge is 2.41. The number of ether oxygens (including phenoxy) is 1. The predicted molar refractivity (Wildman–Crippen MR) is 77.7 cm³/mol. The van der Waals surface area contributed by atoms with Gasteiger partial charge in [-0.15, -0.1) is 0 Å². The summed E-state index contributed by atoms with van der Waals surface area (Å²) < 4.78 is 5.76. The molecular weight excluding hydrogens is 248 g/mol. The molecule has 2 saturated carbocycles. The van der Waals surface area contributed by atoms with Crippen molar-refractivity contribution in [2.45, 2.75) is 38.5 Å². The molecule has 0 aromatic heterocycles. The minimum atomic E-state index is 0.0871. The Morgan fingerprint density at radius 3 is 2.90 bits per heavy atom. The first-order valence-corrected chi connectivity index (χ1v) is 8.03. The second-order valence-corrected chi connectivity index (χ2v) is 6.93. The Morgan fingerprint density at radius 1 is 1.20 bits per heavy atom. The summed E-state index contributed by atoms with van der Waals surface area (Å²) in [5.41, 5.74) is 1.20. The van der Waals surface area contributed by atoms with Gasteiger partial charge in [-0.1, -0.05) is 24.6 Å². The fraction of sp³-hybridized carbons (Fsp3) is 0.611. The second kappa shape index (κ2) is 4.91. The van der Waals surface area contributed by atoms with Gasteiger partial charge in [0.05, 0.1) is 12.5 Å². The number of fused-ring (bicyclic) bond motifs is 3. The lowest BCUT2D eigenvalue weighted by molar-refractivity contribution is -0.125. The summed E-state index contributed by atoms with van der Waals surface area (Å²) in [5.74, 6) is 3.96. The van der Waals surface area contributed by atoms with Crippen molar-refractivity contribution in [1.82, 2.24) is 0 Å². The van der Waals surface area contributed by atoms with Gasteiger partial charge >= 0.3 is 0 Å². The van der Waals surface area contributed by atoms with Gasteiger partial charge in [0, 0.05) is 6.42 Å². The normalized spacial score (nSPS) is 34.6. The van der Waals surface area contributed by atoms with Gasteiger partial charge in [0.15, 0.2) is 0 Å². The smallest absolute Gasteiger partial charge is 0.140 e. The van der Waals surface area contributed by atoms with E-state index in [-0.39, 0.29) is 5.92 Å². The van der Waals surface area contributed by atoms with Crippen molar-refractivity contribution in [3.63, 3.8) is 0 Å². The minimum Gasteiger partial charge on any atom is -0.493 e. The predicted octanol–water partition coefficient (Wildman–Crippen LogP) is 3.63. The number of benzene rings is 1. The number of hydrogen-bond acceptors (Lipinski definition) is 2. The third-order valence-corrected chi connectivity index (χ3v) is 5.68. The molecule has 0 radical (unpaired) electrons. The highest BCUT2D eigenvalue weighted by Crippen LogP contribution is 2.49. The average molecular weight is 270 g/mol. The van der Waals surface area contributed by atoms with Crippen LogP contribution in [0.25, 0.3) is 0 Å². The Bertz CT molecular complexity index is 522. The number of Topliss-reactive ketones (excluding diaryl/α,β-unsaturated/α-hetero) is 1. The molecule has 106 valence electrons. The van der Waals surface area contributed by atoms with Gasteiger partial charge in [0.25, 0.3) is 0 Å². The van der Waals surface area contributed by atoms with Crippen LogP contribution in [0.1, 0.15) is 37.7 Å². The van der Waals surface area contributed by atoms with Crippen LogP contribution in [0.5, 0.6) is 5.75 Å². The molecule has 1 heterocycles. The highest BCUT2D eigenvalue weighted by molar-refractivity contribution is 5.82. The Hall–Kier alpha value is -1.31. The van der Waals surface area contributed by atoms with Crippen molar-refractivity contribution < 1.29 is 9.53 Å². The summed E-state index contributed by atoms with van der Waals surface area (Å²) in [6.07, 6.45) is 7.15. The zero-order chi connectivity index (χ0) is 13.5. The molecule has 0 spiro atoms. The zero-order valence-electron chi connectivity index (χ0n) is 11.9. The summed E-state index contributed by atoms with van der Waals surface area (Å²) in [7, 11) is 0. The molecule has 20 heavy (non-hydrogen) atoms. The van der Waals surface area contributed by atoms with Crippen LogP contribution in [-0.2, 0) is 11.2 Å². The molecule has 0 saturated heterocycles. The molecule has 4 atom stereocenters. The number of hydrogen-bond donors (Lipinski definition) is 0. The monoisotopic (exact) mass is 270 g/mol. The standard InChI is InChI=1S/C18H22O2/c19-17(10-15-8-12-5-6-13(15)7-12)16-9-14-3-1-2-4-18(14)20-11-16/h1-4,12-13,15-16H,5-11H2. The summed E-state index contributed by atoms with van der Waals surface area (Å²) in [6, 6.07) is 8.12. The first-order chi connectivity index (χ1) is 9.79. The van der Waals surface area contributed by atoms with Crippen LogP contribution < -0.4 is 4.74 Å². The molecule has 2 nitrogen and oxygen atoms in total. The Balaban J connectivity index is 1.40. The SMILES string of the molecule is O=C(CC1CC2CCC1C2)C1COc2ccccc2C1. The molecule has 1 aromatic rings. The number of ketones is 1. The minimum absolute atomic E-state index is 0.0871. The molecule has 1 aromatic carbocycles. The van der Waals surface area contributed by atoms with Crippen LogP contribution in [0.3, 0.4) is 0 Å². The molecule has 2 aliphatic carbocycles. The third kappa shape index (κ3) is 2.15. The number of carbonyl (C=O) groups is 1. The van der Waals surface area contributed by atoms with Crippen LogP contribution in [0.4, 0.5) is 0 Å². The van der Waals surface area contributed by atoms with E-state index in [1.807, 2.05) is 18.2 Å². The van der Waals surface area contributed by atoms with Crippen molar-refractivity contribution >= 4 is 5.78 Å². The average Bonchev–Trinajstić information content (AvgIpc) is 3.09. The van der Waals surface area contributed by atoms with E-state index in [0.29, 0.717) is 18.3 Å². The van der Waals surface area contributed by atoms with Crippen molar-refractivity contribution in [3.8, 4) is 5.75 Å². The molecule has 1 aliphatic heterocycles. The molecule has 2 bridgehead atoms. The molecular formula is C18H22O2. The van der Waals surface area contributed by atoms with Gasteiger partial charge in [-0.3, -0.25) is 4.79 Å². The summed E-state index contributed by atoms with van der Waals surface area (Å²) in [4.78, 5) is 12.6. The van der Waals surface area contributed by atoms with Gasteiger partial charge in [-0.05, 0) is 55.1 Å². The van der Waals surface area contributed by atoms with Crippen molar-refractivity contribution in [2.75, 3.05) is 6.61 Å². The first-order valence-electron chi connectivity index (χ1n) is 8.03. The van der Waals surface area contributed by atoms with E-state index in [4.69, 9.17) is 4.74 Å². The summed E-state index contributed by atoms with van der Waals surface area (Å²) in [6.45, 7) is 0.580. The fourth-order valence-electron chi connectivity index (χ4n) is 4.59. The van der Waals surface area contributed by atoms with Crippen LogP contribution >= 0.6 is 0 Å². The van der Waals surface area contributed by atoms with E-state index in [0.717, 1.165) is 30.4 Å². The van der Waals surface area contributed by atoms with Crippen LogP contribution in [0, 0.1) is 23.7 Å². The first kappa shape index (κ1) is 12.4. The zero-order valence-corrected chi connectivity index (χ0v) is 11.9. The van der Waals surface area contributed by atoms with Gasteiger partial charge in [0.2, 0.25) is 0 Å². The van der Waals surface area contributed by atoms with Crippen molar-refractivity contribution in [1.29, 1.82) is 0 Å². The molecule has 2 fully saturated rings. The Labute approximate surface area is 120 Å². The van der Waals surface area contributed by atoms with Gasteiger partial charge in [-0.2, -0.15) is 0 Å². The molecule has 0 amide bonds. The Kier molecular flexibility index (Phi) is 3.05. The van der Waals surface area contributed by atoms with Crippen LogP contribution in [-0.4, -0.2) is 12.4 Å². The number of carbonyl (C=O) groups excluding carboxylic acids is 1. The maximum atomic E-state index is 12.6. The molecule has 2 heteroatoms. The maximum Gasteiger partial charge on any atom is 0.140 e. The number of rotatable bonds is 3. The van der Waals surface area contributed by atoms with E-state index >= 15 is 0 Å². The Morgan fingerprint density at radius 2 is 2.10 bits per heavy atom. The van der Waals surface area contributed by atoms with Gasteiger partial charge in [-0.25, -0.2) is 0 Å². The largest absolute Gasteiger partial charge is 0.493 e. The van der Waals surface area contributed by atoms with Crippen molar-refractivity contribution in [3.05, 3.63) is 29.8 Å². The maximum absolute atomic E-state index is 12.6. The quantitative estimate of drug-likeness (QED) is 0.838.